The van der Waals surface area contributed by atoms with Gasteiger partial charge in [0.05, 0.1) is 0 Å². The molecule has 2 heterocycles. The Labute approximate surface area is 158 Å². The van der Waals surface area contributed by atoms with Crippen LogP contribution in [0.15, 0.2) is 48.5 Å². The summed E-state index contributed by atoms with van der Waals surface area (Å²) in [6.45, 7) is 4.57. The molecule has 0 amide bonds. The molecular weight excluding hydrogens is 334 g/mol. The van der Waals surface area contributed by atoms with E-state index in [9.17, 15) is 0 Å². The number of fused-ring (bicyclic) bond motifs is 2. The summed E-state index contributed by atoms with van der Waals surface area (Å²) >= 11 is 1.94. The summed E-state index contributed by atoms with van der Waals surface area (Å²) in [4.78, 5) is 1.46. The first kappa shape index (κ1) is 15.9. The molecule has 26 heavy (non-hydrogen) atoms. The van der Waals surface area contributed by atoms with Crippen LogP contribution in [-0.2, 0) is 7.05 Å². The van der Waals surface area contributed by atoms with Crippen molar-refractivity contribution in [1.29, 1.82) is 0 Å². The number of aromatic nitrogens is 1. The molecule has 5 rings (SSSR count). The van der Waals surface area contributed by atoms with Gasteiger partial charge in [0, 0.05) is 44.2 Å². The predicted molar refractivity (Wildman–Crippen MR) is 115 cm³/mol. The summed E-state index contributed by atoms with van der Waals surface area (Å²) in [6.07, 6.45) is 3.64. The van der Waals surface area contributed by atoms with Crippen molar-refractivity contribution in [3.8, 4) is 0 Å². The molecule has 0 atom stereocenters. The lowest BCUT2D eigenvalue weighted by atomic mass is 9.93. The number of aryl methyl sites for hydroxylation is 2. The van der Waals surface area contributed by atoms with Crippen molar-refractivity contribution in [2.24, 2.45) is 7.05 Å². The fourth-order valence-electron chi connectivity index (χ4n) is 4.74. The number of allylic oxidation sites excluding steroid dienone is 2. The Morgan fingerprint density at radius 1 is 0.808 bits per heavy atom. The van der Waals surface area contributed by atoms with E-state index in [-0.39, 0.29) is 0 Å². The van der Waals surface area contributed by atoms with Crippen molar-refractivity contribution >= 4 is 43.5 Å². The molecule has 2 aromatic carbocycles. The smallest absolute Gasteiger partial charge is 0.0486 e. The third kappa shape index (κ3) is 2.15. The largest absolute Gasteiger partial charge is 0.347 e. The van der Waals surface area contributed by atoms with Crippen LogP contribution in [0.1, 0.15) is 41.0 Å². The number of nitrogens with zero attached hydrogens (tertiary/aromatic N) is 1. The van der Waals surface area contributed by atoms with Crippen molar-refractivity contribution in [2.45, 2.75) is 33.1 Å². The zero-order chi connectivity index (χ0) is 17.8. The maximum Gasteiger partial charge on any atom is 0.0486 e. The molecule has 2 aromatic heterocycles. The summed E-state index contributed by atoms with van der Waals surface area (Å²) in [5.41, 5.74) is 8.87. The highest BCUT2D eigenvalue weighted by molar-refractivity contribution is 7.19. The lowest BCUT2D eigenvalue weighted by Crippen LogP contribution is -1.93. The Kier molecular flexibility index (Phi) is 3.58. The highest BCUT2D eigenvalue weighted by atomic mass is 32.1. The topological polar surface area (TPSA) is 4.93 Å². The van der Waals surface area contributed by atoms with Crippen molar-refractivity contribution in [1.82, 2.24) is 4.57 Å². The summed E-state index contributed by atoms with van der Waals surface area (Å²) in [7, 11) is 2.20. The minimum absolute atomic E-state index is 1.19. The number of rotatable bonds is 2. The van der Waals surface area contributed by atoms with Crippen LogP contribution in [0.5, 0.6) is 0 Å². The first-order valence-corrected chi connectivity index (χ1v) is 10.2. The summed E-state index contributed by atoms with van der Waals surface area (Å²) in [6, 6.07) is 17.7. The Morgan fingerprint density at radius 3 is 2.27 bits per heavy atom. The van der Waals surface area contributed by atoms with E-state index in [1.807, 2.05) is 11.3 Å². The van der Waals surface area contributed by atoms with E-state index in [4.69, 9.17) is 0 Å². The molecule has 0 spiro atoms. The molecule has 0 N–H and O–H groups in total. The molecule has 0 unspecified atom stereocenters. The number of hydrogen-bond acceptors (Lipinski definition) is 1. The monoisotopic (exact) mass is 357 g/mol. The summed E-state index contributed by atoms with van der Waals surface area (Å²) in [5, 5.41) is 2.83. The maximum atomic E-state index is 2.35. The average molecular weight is 358 g/mol. The van der Waals surface area contributed by atoms with Crippen LogP contribution in [0.4, 0.5) is 0 Å². The Bertz CT molecular complexity index is 1190. The van der Waals surface area contributed by atoms with Crippen LogP contribution in [0.3, 0.4) is 0 Å². The molecular formula is C24H23NS. The van der Waals surface area contributed by atoms with Gasteiger partial charge in [0.15, 0.2) is 0 Å². The molecule has 4 aromatic rings. The quantitative estimate of drug-likeness (QED) is 0.360. The van der Waals surface area contributed by atoms with E-state index < -0.39 is 0 Å². The van der Waals surface area contributed by atoms with E-state index in [2.05, 4.69) is 74.0 Å². The average Bonchev–Trinajstić information content (AvgIpc) is 3.30. The fourth-order valence-corrected chi connectivity index (χ4v) is 5.83. The Hall–Kier alpha value is -2.32. The van der Waals surface area contributed by atoms with Gasteiger partial charge >= 0.3 is 0 Å². The standard InChI is InChI=1S/C24H23NS/c1-15-23(19-9-4-6-13-21(19)25(15)3)17-11-8-12-18(17)24-16(2)26-22-14-7-5-10-20(22)24/h4-7,9-10,13-14H,8,11-12H2,1-3H3. The molecule has 0 bridgehead atoms. The van der Waals surface area contributed by atoms with Crippen LogP contribution in [0.2, 0.25) is 0 Å². The number of thiophene rings is 1. The van der Waals surface area contributed by atoms with Gasteiger partial charge in [-0.2, -0.15) is 0 Å². The predicted octanol–water partition coefficient (Wildman–Crippen LogP) is 7.10. The molecule has 1 nitrogen and oxygen atoms in total. The Balaban J connectivity index is 1.84. The van der Waals surface area contributed by atoms with Gasteiger partial charge in [-0.3, -0.25) is 0 Å². The second-order valence-electron chi connectivity index (χ2n) is 7.38. The van der Waals surface area contributed by atoms with E-state index >= 15 is 0 Å². The molecule has 0 saturated carbocycles. The second-order valence-corrected chi connectivity index (χ2v) is 8.63. The maximum absolute atomic E-state index is 2.35. The molecule has 0 radical (unpaired) electrons. The van der Waals surface area contributed by atoms with E-state index in [1.54, 1.807) is 11.1 Å². The van der Waals surface area contributed by atoms with Gasteiger partial charge in [-0.25, -0.2) is 0 Å². The molecule has 0 fully saturated rings. The second kappa shape index (κ2) is 5.85. The number of para-hydroxylation sites is 1. The lowest BCUT2D eigenvalue weighted by Gasteiger charge is -2.10. The van der Waals surface area contributed by atoms with Crippen molar-refractivity contribution < 1.29 is 0 Å². The first-order valence-electron chi connectivity index (χ1n) is 9.41. The SMILES string of the molecule is Cc1sc2ccccc2c1C1=C(c2c(C)n(C)c3ccccc23)CCC1. The van der Waals surface area contributed by atoms with Crippen LogP contribution in [-0.4, -0.2) is 4.57 Å². The van der Waals surface area contributed by atoms with Crippen molar-refractivity contribution in [2.75, 3.05) is 0 Å². The third-order valence-corrected chi connectivity index (χ3v) is 7.08. The minimum atomic E-state index is 1.19. The van der Waals surface area contributed by atoms with E-state index in [1.165, 1.54) is 61.9 Å². The molecule has 2 heteroatoms. The van der Waals surface area contributed by atoms with Crippen molar-refractivity contribution in [3.05, 3.63) is 70.2 Å². The van der Waals surface area contributed by atoms with Gasteiger partial charge in [0.1, 0.15) is 0 Å². The normalized spacial score (nSPS) is 14.9. The first-order chi connectivity index (χ1) is 12.7. The summed E-state index contributed by atoms with van der Waals surface area (Å²) < 4.78 is 3.76. The zero-order valence-corrected chi connectivity index (χ0v) is 16.4. The summed E-state index contributed by atoms with van der Waals surface area (Å²) in [5.74, 6) is 0. The molecule has 1 aliphatic rings. The van der Waals surface area contributed by atoms with Crippen LogP contribution in [0, 0.1) is 13.8 Å². The van der Waals surface area contributed by atoms with Crippen LogP contribution in [0.25, 0.3) is 32.1 Å². The lowest BCUT2D eigenvalue weighted by molar-refractivity contribution is 0.909. The number of benzene rings is 2. The van der Waals surface area contributed by atoms with Crippen molar-refractivity contribution in [3.63, 3.8) is 0 Å². The molecule has 130 valence electrons. The molecule has 0 aliphatic heterocycles. The highest BCUT2D eigenvalue weighted by Crippen LogP contribution is 2.47. The highest BCUT2D eigenvalue weighted by Gasteiger charge is 2.25. The van der Waals surface area contributed by atoms with Gasteiger partial charge in [-0.05, 0) is 62.0 Å². The minimum Gasteiger partial charge on any atom is -0.347 e. The third-order valence-electron chi connectivity index (χ3n) is 5.99. The molecule has 0 saturated heterocycles. The van der Waals surface area contributed by atoms with Crippen LogP contribution >= 0.6 is 11.3 Å². The Morgan fingerprint density at radius 2 is 1.46 bits per heavy atom. The van der Waals surface area contributed by atoms with Gasteiger partial charge in [0.25, 0.3) is 0 Å². The van der Waals surface area contributed by atoms with E-state index in [0.29, 0.717) is 0 Å². The van der Waals surface area contributed by atoms with E-state index in [0.717, 1.165) is 0 Å². The zero-order valence-electron chi connectivity index (χ0n) is 15.6. The fraction of sp³-hybridized carbons (Fsp3) is 0.250. The van der Waals surface area contributed by atoms with Gasteiger partial charge in [-0.1, -0.05) is 36.4 Å². The molecule has 1 aliphatic carbocycles. The van der Waals surface area contributed by atoms with Gasteiger partial charge in [0.2, 0.25) is 0 Å². The van der Waals surface area contributed by atoms with Crippen LogP contribution < -0.4 is 0 Å². The van der Waals surface area contributed by atoms with Gasteiger partial charge < -0.3 is 4.57 Å². The number of hydrogen-bond donors (Lipinski definition) is 0. The van der Waals surface area contributed by atoms with Gasteiger partial charge in [-0.15, -0.1) is 11.3 Å².